The molecule has 4 saturated carbocycles. The average Bonchev–Trinajstić information content (AvgIpc) is 3.22. The molecule has 1 aromatic rings. The molecule has 1 heterocycles. The summed E-state index contributed by atoms with van der Waals surface area (Å²) in [5, 5.41) is 0. The van der Waals surface area contributed by atoms with E-state index in [4.69, 9.17) is 0 Å². The lowest BCUT2D eigenvalue weighted by molar-refractivity contribution is -0.120. The lowest BCUT2D eigenvalue weighted by Gasteiger charge is -2.62. The van der Waals surface area contributed by atoms with E-state index in [-0.39, 0.29) is 48.0 Å². The summed E-state index contributed by atoms with van der Waals surface area (Å²) in [7, 11) is 0. The number of likely N-dealkylation sites (tertiary alicyclic amines) is 1. The highest BCUT2D eigenvalue weighted by molar-refractivity contribution is 5.31. The second-order valence-corrected chi connectivity index (χ2v) is 35.5. The minimum Gasteiger partial charge on any atom is -0.298 e. The van der Waals surface area contributed by atoms with E-state index in [9.17, 15) is 0 Å². The Labute approximate surface area is 492 Å². The Balaban J connectivity index is -0.000000426. The van der Waals surface area contributed by atoms with Crippen LogP contribution in [-0.4, -0.2) is 23.5 Å². The molecule has 5 aliphatic carbocycles. The molecule has 1 atom stereocenters. The number of allylic oxidation sites excluding steroid dienone is 2. The van der Waals surface area contributed by atoms with Gasteiger partial charge in [-0.3, -0.25) is 4.90 Å². The van der Waals surface area contributed by atoms with Gasteiger partial charge in [0.05, 0.1) is 0 Å². The summed E-state index contributed by atoms with van der Waals surface area (Å²) >= 11 is 0. The van der Waals surface area contributed by atoms with E-state index in [1.807, 2.05) is 0 Å². The lowest BCUT2D eigenvalue weighted by Crippen LogP contribution is -2.52. The first-order valence-corrected chi connectivity index (χ1v) is 30.5. The van der Waals surface area contributed by atoms with Crippen molar-refractivity contribution in [3.8, 4) is 0 Å². The van der Waals surface area contributed by atoms with E-state index in [1.165, 1.54) is 121 Å². The standard InChI is InChI=1S/C16H30.C14H28.C14H26.C14H22.C13H27N.5CH4/c1-13(2,3)15-7-10-16(11-8-15,12-9-15)14(4,5)6;3*1-13(2,3)11-7-9-12(10-8-11)14(4,5)6;1-12(2,3)11-7-9-14(10-8-11)13(4,5)6;;;;;/h7-12H2,1-6H3;11-12H,7-10H2,1-6H3;7,12H,8-10H2,1-6H3;7-10H,1-6H3;11H,7-10H2,1-6H3;5*1H4. The highest BCUT2D eigenvalue weighted by Crippen LogP contribution is 2.67. The van der Waals surface area contributed by atoms with Gasteiger partial charge in [-0.2, -0.15) is 0 Å². The van der Waals surface area contributed by atoms with Crippen LogP contribution in [0, 0.1) is 72.4 Å². The Bertz CT molecular complexity index is 1570. The average molecular weight is 1080 g/mol. The zero-order valence-corrected chi connectivity index (χ0v) is 55.2. The molecule has 0 N–H and O–H groups in total. The van der Waals surface area contributed by atoms with Gasteiger partial charge in [-0.25, -0.2) is 0 Å². The molecule has 6 aliphatic rings. The fraction of sp³-hybridized carbons (Fsp3) is 0.895. The van der Waals surface area contributed by atoms with Gasteiger partial charge < -0.3 is 0 Å². The maximum atomic E-state index is 2.62. The summed E-state index contributed by atoms with van der Waals surface area (Å²) in [5.41, 5.74) is 10.2. The molecular weight excluding hydrogens is 927 g/mol. The highest BCUT2D eigenvalue weighted by Gasteiger charge is 2.56. The molecule has 1 aliphatic heterocycles. The number of nitrogens with zero attached hydrogens (tertiary/aromatic N) is 1. The van der Waals surface area contributed by atoms with Crippen LogP contribution in [0.3, 0.4) is 0 Å². The van der Waals surface area contributed by atoms with E-state index in [1.54, 1.807) is 5.57 Å². The third-order valence-corrected chi connectivity index (χ3v) is 20.5. The number of hydrogen-bond acceptors (Lipinski definition) is 1. The third-order valence-electron chi connectivity index (χ3n) is 20.5. The zero-order chi connectivity index (χ0) is 56.2. The van der Waals surface area contributed by atoms with Crippen LogP contribution in [0.4, 0.5) is 0 Å². The van der Waals surface area contributed by atoms with Crippen molar-refractivity contribution in [1.82, 2.24) is 4.90 Å². The normalized spacial score (nSPS) is 24.9. The monoisotopic (exact) mass is 1080 g/mol. The summed E-state index contributed by atoms with van der Waals surface area (Å²) in [6, 6.07) is 9.00. The second kappa shape index (κ2) is 29.9. The first kappa shape index (κ1) is 82.4. The molecule has 0 aromatic heterocycles. The van der Waals surface area contributed by atoms with Gasteiger partial charge in [0.15, 0.2) is 0 Å². The predicted octanol–water partition coefficient (Wildman–Crippen LogP) is 26.1. The Morgan fingerprint density at radius 3 is 0.779 bits per heavy atom. The quantitative estimate of drug-likeness (QED) is 0.234. The molecule has 5 fully saturated rings. The van der Waals surface area contributed by atoms with Crippen LogP contribution in [0.25, 0.3) is 0 Å². The van der Waals surface area contributed by atoms with Crippen molar-refractivity contribution in [2.24, 2.45) is 72.4 Å². The van der Waals surface area contributed by atoms with Crippen molar-refractivity contribution in [2.75, 3.05) is 13.1 Å². The van der Waals surface area contributed by atoms with Crippen molar-refractivity contribution in [3.05, 3.63) is 47.0 Å². The number of benzene rings is 1. The Morgan fingerprint density at radius 2 is 0.597 bits per heavy atom. The van der Waals surface area contributed by atoms with Gasteiger partial charge in [0, 0.05) is 5.54 Å². The smallest absolute Gasteiger partial charge is 0.0125 e. The molecule has 7 rings (SSSR count). The summed E-state index contributed by atoms with van der Waals surface area (Å²) in [6.07, 6.45) is 23.9. The van der Waals surface area contributed by atoms with Gasteiger partial charge in [-0.05, 0) is 225 Å². The summed E-state index contributed by atoms with van der Waals surface area (Å²) in [6.45, 7) is 73.4. The molecule has 77 heavy (non-hydrogen) atoms. The van der Waals surface area contributed by atoms with Gasteiger partial charge >= 0.3 is 0 Å². The molecule has 1 unspecified atom stereocenters. The molecule has 462 valence electrons. The van der Waals surface area contributed by atoms with Crippen molar-refractivity contribution in [2.45, 2.75) is 358 Å². The number of piperidine rings is 1. The van der Waals surface area contributed by atoms with E-state index in [2.05, 4.69) is 243 Å². The number of hydrogen-bond donors (Lipinski definition) is 0. The van der Waals surface area contributed by atoms with Gasteiger partial charge in [0.25, 0.3) is 0 Å². The largest absolute Gasteiger partial charge is 0.298 e. The van der Waals surface area contributed by atoms with Crippen molar-refractivity contribution >= 4 is 0 Å². The molecule has 0 amide bonds. The molecule has 0 radical (unpaired) electrons. The van der Waals surface area contributed by atoms with Crippen molar-refractivity contribution in [3.63, 3.8) is 0 Å². The Hall–Kier alpha value is -1.08. The maximum Gasteiger partial charge on any atom is 0.0125 e. The van der Waals surface area contributed by atoms with Gasteiger partial charge in [0.2, 0.25) is 0 Å². The van der Waals surface area contributed by atoms with E-state index < -0.39 is 0 Å². The topological polar surface area (TPSA) is 3.24 Å². The van der Waals surface area contributed by atoms with Crippen LogP contribution in [0.15, 0.2) is 35.9 Å². The van der Waals surface area contributed by atoms with Crippen LogP contribution >= 0.6 is 0 Å². The highest BCUT2D eigenvalue weighted by atomic mass is 15.2. The third kappa shape index (κ3) is 25.1. The van der Waals surface area contributed by atoms with Crippen LogP contribution in [-0.2, 0) is 10.8 Å². The summed E-state index contributed by atoms with van der Waals surface area (Å²) in [4.78, 5) is 2.62. The van der Waals surface area contributed by atoms with Crippen LogP contribution < -0.4 is 0 Å². The fourth-order valence-corrected chi connectivity index (χ4v) is 13.4. The minimum absolute atomic E-state index is 0. The first-order chi connectivity index (χ1) is 32.0. The maximum absolute atomic E-state index is 2.62. The summed E-state index contributed by atoms with van der Waals surface area (Å²) < 4.78 is 0. The van der Waals surface area contributed by atoms with E-state index in [0.29, 0.717) is 54.3 Å². The lowest BCUT2D eigenvalue weighted by atomic mass is 9.42. The second-order valence-electron chi connectivity index (χ2n) is 35.5. The predicted molar refractivity (Wildman–Crippen MR) is 361 cm³/mol. The number of rotatable bonds is 0. The van der Waals surface area contributed by atoms with E-state index in [0.717, 1.165) is 23.7 Å². The van der Waals surface area contributed by atoms with E-state index >= 15 is 0 Å². The van der Waals surface area contributed by atoms with Crippen molar-refractivity contribution < 1.29 is 0 Å². The fourth-order valence-electron chi connectivity index (χ4n) is 13.4. The molecule has 2 bridgehead atoms. The molecule has 1 saturated heterocycles. The molecule has 1 heteroatoms. The van der Waals surface area contributed by atoms with Crippen LogP contribution in [0.5, 0.6) is 0 Å². The Kier molecular flexibility index (Phi) is 32.0. The minimum atomic E-state index is 0. The van der Waals surface area contributed by atoms with Crippen LogP contribution in [0.2, 0.25) is 0 Å². The van der Waals surface area contributed by atoms with Gasteiger partial charge in [-0.15, -0.1) is 0 Å². The SMILES string of the molecule is C.C.C.C.C.CC(C)(C)C12CCC(C(C)(C)C)(CC1)CC2.CC(C)(C)C1=CCC(C(C)(C)C)CC1.CC(C)(C)C1CCC(C(C)(C)C)CC1.CC(C)(C)C1CCN(C(C)(C)C)CC1.CC(C)(C)c1ccc(C(C)(C)C)cc1. The van der Waals surface area contributed by atoms with Gasteiger partial charge in [0.1, 0.15) is 0 Å². The number of fused-ring (bicyclic) bond motifs is 3. The zero-order valence-electron chi connectivity index (χ0n) is 55.2. The van der Waals surface area contributed by atoms with Crippen molar-refractivity contribution in [1.29, 1.82) is 0 Å². The summed E-state index contributed by atoms with van der Waals surface area (Å²) in [5.74, 6) is 3.72. The molecule has 1 aromatic carbocycles. The van der Waals surface area contributed by atoms with Gasteiger partial charge in [-0.1, -0.05) is 260 Å². The molecular formula is C76H153N. The molecule has 0 spiro atoms. The molecule has 1 nitrogen and oxygen atoms in total. The Morgan fingerprint density at radius 1 is 0.338 bits per heavy atom. The van der Waals surface area contributed by atoms with Crippen LogP contribution in [0.1, 0.15) is 352 Å². The first-order valence-electron chi connectivity index (χ1n) is 30.5.